The Kier molecular flexibility index (Phi) is 4.88. The molecule has 0 fully saturated rings. The number of pyridine rings is 1. The zero-order valence-electron chi connectivity index (χ0n) is 7.05. The average Bonchev–Trinajstić information content (AvgIpc) is 1.88. The molecule has 0 aliphatic rings. The second-order valence-corrected chi connectivity index (χ2v) is 2.63. The zero-order chi connectivity index (χ0) is 7.40. The molecule has 0 saturated heterocycles. The van der Waals surface area contributed by atoms with Crippen molar-refractivity contribution in [2.45, 2.75) is 19.8 Å². The Hall–Kier alpha value is -0.560. The van der Waals surface area contributed by atoms with Crippen molar-refractivity contribution >= 4 is 0 Å². The van der Waals surface area contributed by atoms with Crippen molar-refractivity contribution in [3.05, 3.63) is 30.1 Å². The molecule has 1 heterocycles. The van der Waals surface area contributed by atoms with Crippen molar-refractivity contribution in [1.29, 1.82) is 0 Å². The molecule has 1 rings (SSSR count). The Morgan fingerprint density at radius 3 is 2.73 bits per heavy atom. The van der Waals surface area contributed by atoms with E-state index in [1.807, 2.05) is 0 Å². The first kappa shape index (κ1) is 10.4. The molecular weight excluding hydrogens is 158 g/mol. The highest BCUT2D eigenvalue weighted by Crippen LogP contribution is 1.97. The number of halogens is 1. The van der Waals surface area contributed by atoms with Crippen LogP contribution >= 0.6 is 0 Å². The van der Waals surface area contributed by atoms with Crippen molar-refractivity contribution in [1.82, 2.24) is 0 Å². The first-order valence-corrected chi connectivity index (χ1v) is 3.77. The predicted molar refractivity (Wildman–Crippen MR) is 41.6 cm³/mol. The molecule has 62 valence electrons. The Morgan fingerprint density at radius 2 is 2.18 bits per heavy atom. The largest absolute Gasteiger partial charge is 1.00 e. The molecule has 0 aromatic carbocycles. The molecule has 0 aliphatic carbocycles. The van der Waals surface area contributed by atoms with E-state index in [0.717, 1.165) is 0 Å². The number of nitrogens with zero attached hydrogens (tertiary/aromatic N) is 1. The second-order valence-electron chi connectivity index (χ2n) is 2.63. The molecule has 0 unspecified atom stereocenters. The summed E-state index contributed by atoms with van der Waals surface area (Å²) in [4.78, 5) is 0. The van der Waals surface area contributed by atoms with Gasteiger partial charge in [0, 0.05) is 11.6 Å². The number of hydrogen-bond acceptors (Lipinski definition) is 0. The molecule has 0 radical (unpaired) electrons. The fraction of sp³-hybridized carbons (Fsp3) is 0.444. The molecular formula is C9H14ClN. The number of aryl methyl sites for hydroxylation is 2. The average molecular weight is 172 g/mol. The molecule has 11 heavy (non-hydrogen) atoms. The summed E-state index contributed by atoms with van der Waals surface area (Å²) >= 11 is 0. The molecule has 2 heteroatoms. The van der Waals surface area contributed by atoms with Gasteiger partial charge in [0.2, 0.25) is 0 Å². The van der Waals surface area contributed by atoms with E-state index in [2.05, 4.69) is 43.1 Å². The van der Waals surface area contributed by atoms with Crippen LogP contribution in [0, 0.1) is 0 Å². The van der Waals surface area contributed by atoms with E-state index in [4.69, 9.17) is 0 Å². The predicted octanol–water partition coefficient (Wildman–Crippen LogP) is -1.53. The minimum absolute atomic E-state index is 0. The van der Waals surface area contributed by atoms with E-state index < -0.39 is 0 Å². The molecule has 0 bridgehead atoms. The van der Waals surface area contributed by atoms with Crippen LogP contribution in [0.15, 0.2) is 24.5 Å². The van der Waals surface area contributed by atoms with Crippen LogP contribution in [0.4, 0.5) is 0 Å². The standard InChI is InChI=1S/C9H14N.ClH/c1-3-5-9-6-4-7-10(2)8-9;/h4,6-8H,3,5H2,1-2H3;1H/q+1;/p-1. The van der Waals surface area contributed by atoms with Gasteiger partial charge in [-0.3, -0.25) is 0 Å². The van der Waals surface area contributed by atoms with E-state index in [-0.39, 0.29) is 12.4 Å². The third-order valence-electron chi connectivity index (χ3n) is 1.54. The molecule has 1 aromatic heterocycles. The molecule has 0 amide bonds. The van der Waals surface area contributed by atoms with Gasteiger partial charge in [0.25, 0.3) is 0 Å². The van der Waals surface area contributed by atoms with Crippen molar-refractivity contribution in [2.75, 3.05) is 0 Å². The molecule has 0 N–H and O–H groups in total. The summed E-state index contributed by atoms with van der Waals surface area (Å²) in [5, 5.41) is 0. The van der Waals surface area contributed by atoms with Crippen molar-refractivity contribution < 1.29 is 17.0 Å². The van der Waals surface area contributed by atoms with E-state index in [0.29, 0.717) is 0 Å². The van der Waals surface area contributed by atoms with Crippen LogP contribution in [0.3, 0.4) is 0 Å². The van der Waals surface area contributed by atoms with Crippen LogP contribution in [0.1, 0.15) is 18.9 Å². The summed E-state index contributed by atoms with van der Waals surface area (Å²) in [7, 11) is 2.05. The van der Waals surface area contributed by atoms with E-state index in [1.165, 1.54) is 18.4 Å². The molecule has 0 saturated carbocycles. The lowest BCUT2D eigenvalue weighted by molar-refractivity contribution is -0.671. The highest BCUT2D eigenvalue weighted by Gasteiger charge is 1.94. The lowest BCUT2D eigenvalue weighted by Gasteiger charge is -1.93. The van der Waals surface area contributed by atoms with Gasteiger partial charge in [-0.1, -0.05) is 13.3 Å². The molecule has 0 aliphatic heterocycles. The van der Waals surface area contributed by atoms with Crippen LogP contribution in [0.2, 0.25) is 0 Å². The Morgan fingerprint density at radius 1 is 1.45 bits per heavy atom. The fourth-order valence-electron chi connectivity index (χ4n) is 1.09. The van der Waals surface area contributed by atoms with Crippen molar-refractivity contribution in [3.8, 4) is 0 Å². The number of aromatic nitrogens is 1. The maximum absolute atomic E-state index is 2.20. The Balaban J connectivity index is 0.000001000. The van der Waals surface area contributed by atoms with Crippen LogP contribution in [0.25, 0.3) is 0 Å². The third-order valence-corrected chi connectivity index (χ3v) is 1.54. The van der Waals surface area contributed by atoms with Gasteiger partial charge in [0.1, 0.15) is 7.05 Å². The van der Waals surface area contributed by atoms with Gasteiger partial charge in [-0.2, -0.15) is 0 Å². The monoisotopic (exact) mass is 171 g/mol. The minimum atomic E-state index is 0. The van der Waals surface area contributed by atoms with Gasteiger partial charge in [0.05, 0.1) is 0 Å². The van der Waals surface area contributed by atoms with Crippen LogP contribution < -0.4 is 17.0 Å². The SMILES string of the molecule is CCCc1ccc[n+](C)c1.[Cl-]. The summed E-state index contributed by atoms with van der Waals surface area (Å²) in [5.41, 5.74) is 1.42. The molecule has 0 atom stereocenters. The van der Waals surface area contributed by atoms with Crippen molar-refractivity contribution in [3.63, 3.8) is 0 Å². The summed E-state index contributed by atoms with van der Waals surface area (Å²) in [5.74, 6) is 0. The summed E-state index contributed by atoms with van der Waals surface area (Å²) < 4.78 is 2.09. The second kappa shape index (κ2) is 5.14. The lowest BCUT2D eigenvalue weighted by atomic mass is 10.2. The van der Waals surface area contributed by atoms with Crippen LogP contribution in [-0.4, -0.2) is 0 Å². The van der Waals surface area contributed by atoms with E-state index >= 15 is 0 Å². The highest BCUT2D eigenvalue weighted by atomic mass is 35.5. The molecule has 0 spiro atoms. The number of hydrogen-bond donors (Lipinski definition) is 0. The first-order chi connectivity index (χ1) is 4.83. The van der Waals surface area contributed by atoms with E-state index in [9.17, 15) is 0 Å². The summed E-state index contributed by atoms with van der Waals surface area (Å²) in [6, 6.07) is 4.26. The topological polar surface area (TPSA) is 3.88 Å². The normalized spacial score (nSPS) is 8.91. The highest BCUT2D eigenvalue weighted by molar-refractivity contribution is 5.04. The quantitative estimate of drug-likeness (QED) is 0.476. The maximum Gasteiger partial charge on any atom is 0.171 e. The lowest BCUT2D eigenvalue weighted by Crippen LogP contribution is -3.00. The Bertz CT molecular complexity index is 210. The van der Waals surface area contributed by atoms with Gasteiger partial charge in [0.15, 0.2) is 12.4 Å². The first-order valence-electron chi connectivity index (χ1n) is 3.77. The zero-order valence-corrected chi connectivity index (χ0v) is 7.80. The van der Waals surface area contributed by atoms with E-state index in [1.54, 1.807) is 0 Å². The van der Waals surface area contributed by atoms with Crippen LogP contribution in [-0.2, 0) is 13.5 Å². The minimum Gasteiger partial charge on any atom is -1.00 e. The maximum atomic E-state index is 2.20. The van der Waals surface area contributed by atoms with Gasteiger partial charge in [-0.25, -0.2) is 4.57 Å². The smallest absolute Gasteiger partial charge is 0.171 e. The van der Waals surface area contributed by atoms with Gasteiger partial charge in [-0.15, -0.1) is 0 Å². The van der Waals surface area contributed by atoms with Gasteiger partial charge < -0.3 is 12.4 Å². The third kappa shape index (κ3) is 3.38. The fourth-order valence-corrected chi connectivity index (χ4v) is 1.09. The van der Waals surface area contributed by atoms with Gasteiger partial charge >= 0.3 is 0 Å². The molecule has 1 aromatic rings. The number of rotatable bonds is 2. The summed E-state index contributed by atoms with van der Waals surface area (Å²) in [6.45, 7) is 2.20. The summed E-state index contributed by atoms with van der Waals surface area (Å²) in [6.07, 6.45) is 6.64. The van der Waals surface area contributed by atoms with Crippen LogP contribution in [0.5, 0.6) is 0 Å². The van der Waals surface area contributed by atoms with Crippen molar-refractivity contribution in [2.24, 2.45) is 7.05 Å². The van der Waals surface area contributed by atoms with Gasteiger partial charge in [-0.05, 0) is 12.5 Å². The molecule has 1 nitrogen and oxygen atoms in total. The Labute approximate surface area is 74.5 Å².